The van der Waals surface area contributed by atoms with Crippen molar-refractivity contribution >= 4 is 17.8 Å². The summed E-state index contributed by atoms with van der Waals surface area (Å²) < 4.78 is 4.75. The molecule has 0 unspecified atom stereocenters. The van der Waals surface area contributed by atoms with E-state index >= 15 is 0 Å². The number of ether oxygens (including phenoxy) is 1. The van der Waals surface area contributed by atoms with Gasteiger partial charge in [-0.3, -0.25) is 9.59 Å². The van der Waals surface area contributed by atoms with Gasteiger partial charge in [-0.2, -0.15) is 0 Å². The molecule has 1 aromatic rings. The predicted octanol–water partition coefficient (Wildman–Crippen LogP) is 0.469. The van der Waals surface area contributed by atoms with Crippen LogP contribution in [-0.4, -0.2) is 41.6 Å². The van der Waals surface area contributed by atoms with Crippen LogP contribution < -0.4 is 11.1 Å². The van der Waals surface area contributed by atoms with E-state index in [0.717, 1.165) is 5.56 Å². The quantitative estimate of drug-likeness (QED) is 0.599. The number of methoxy groups -OCH3 is 1. The number of rotatable bonds is 8. The van der Waals surface area contributed by atoms with Crippen LogP contribution >= 0.6 is 0 Å². The summed E-state index contributed by atoms with van der Waals surface area (Å²) in [7, 11) is 1.23. The second-order valence-corrected chi connectivity index (χ2v) is 5.50. The first kappa shape index (κ1) is 18.6. The van der Waals surface area contributed by atoms with Gasteiger partial charge in [0.05, 0.1) is 19.6 Å². The number of aliphatic carboxylic acids is 1. The smallest absolute Gasteiger partial charge is 0.331 e. The molecule has 0 saturated carbocycles. The molecule has 7 heteroatoms. The van der Waals surface area contributed by atoms with Crippen molar-refractivity contribution in [3.63, 3.8) is 0 Å². The molecule has 0 heterocycles. The van der Waals surface area contributed by atoms with E-state index in [2.05, 4.69) is 5.32 Å². The summed E-state index contributed by atoms with van der Waals surface area (Å²) in [4.78, 5) is 34.7. The van der Waals surface area contributed by atoms with Gasteiger partial charge in [-0.15, -0.1) is 0 Å². The number of nitrogens with two attached hydrogens (primary N) is 1. The number of carbonyl (C=O) groups is 3. The average molecular weight is 322 g/mol. The van der Waals surface area contributed by atoms with Gasteiger partial charge in [0.2, 0.25) is 5.91 Å². The van der Waals surface area contributed by atoms with Gasteiger partial charge >= 0.3 is 11.9 Å². The number of esters is 1. The molecule has 0 aromatic heterocycles. The van der Waals surface area contributed by atoms with Crippen molar-refractivity contribution in [3.05, 3.63) is 35.9 Å². The minimum Gasteiger partial charge on any atom is -0.481 e. The van der Waals surface area contributed by atoms with E-state index in [0.29, 0.717) is 12.8 Å². The number of carboxylic acid groups (broad SMARTS) is 1. The summed E-state index contributed by atoms with van der Waals surface area (Å²) in [6.07, 6.45) is 0.331. The van der Waals surface area contributed by atoms with Gasteiger partial charge in [-0.1, -0.05) is 30.3 Å². The Morgan fingerprint density at radius 2 is 1.91 bits per heavy atom. The highest BCUT2D eigenvalue weighted by molar-refractivity contribution is 5.91. The van der Waals surface area contributed by atoms with Crippen molar-refractivity contribution in [1.82, 2.24) is 5.32 Å². The van der Waals surface area contributed by atoms with Crippen molar-refractivity contribution in [1.29, 1.82) is 0 Å². The minimum absolute atomic E-state index is 0.301. The van der Waals surface area contributed by atoms with E-state index in [1.54, 1.807) is 0 Å². The lowest BCUT2D eigenvalue weighted by Crippen LogP contribution is -2.57. The topological polar surface area (TPSA) is 119 Å². The molecule has 0 aliphatic carbocycles. The van der Waals surface area contributed by atoms with Crippen molar-refractivity contribution in [2.45, 2.75) is 37.8 Å². The number of benzene rings is 1. The summed E-state index contributed by atoms with van der Waals surface area (Å²) in [5, 5.41) is 11.2. The molecule has 1 aromatic carbocycles. The Morgan fingerprint density at radius 3 is 2.43 bits per heavy atom. The first-order valence-electron chi connectivity index (χ1n) is 7.20. The molecular weight excluding hydrogens is 300 g/mol. The lowest BCUT2D eigenvalue weighted by Gasteiger charge is -2.29. The third kappa shape index (κ3) is 5.71. The van der Waals surface area contributed by atoms with Crippen LogP contribution in [0.1, 0.15) is 25.3 Å². The number of hydrogen-bond donors (Lipinski definition) is 3. The molecule has 1 rings (SSSR count). The van der Waals surface area contributed by atoms with Crippen molar-refractivity contribution in [2.75, 3.05) is 7.11 Å². The highest BCUT2D eigenvalue weighted by atomic mass is 16.5. The van der Waals surface area contributed by atoms with E-state index in [9.17, 15) is 14.4 Å². The summed E-state index contributed by atoms with van der Waals surface area (Å²) in [6.45, 7) is 1.53. The largest absolute Gasteiger partial charge is 0.481 e. The van der Waals surface area contributed by atoms with Crippen LogP contribution in [0.25, 0.3) is 0 Å². The van der Waals surface area contributed by atoms with Crippen LogP contribution in [0.15, 0.2) is 30.3 Å². The SMILES string of the molecule is COC(=O)[C@@](C)(CCc1ccccc1)NC(=O)[C@@H](N)CC(=O)O. The average Bonchev–Trinajstić information content (AvgIpc) is 2.52. The first-order chi connectivity index (χ1) is 10.8. The van der Waals surface area contributed by atoms with Crippen LogP contribution in [0.3, 0.4) is 0 Å². The van der Waals surface area contributed by atoms with Gasteiger partial charge in [-0.25, -0.2) is 4.79 Å². The monoisotopic (exact) mass is 322 g/mol. The lowest BCUT2D eigenvalue weighted by atomic mass is 9.92. The molecule has 0 aliphatic rings. The van der Waals surface area contributed by atoms with Crippen LogP contribution in [0, 0.1) is 0 Å². The Hall–Kier alpha value is -2.41. The van der Waals surface area contributed by atoms with E-state index in [4.69, 9.17) is 15.6 Å². The van der Waals surface area contributed by atoms with Crippen molar-refractivity contribution in [2.24, 2.45) is 5.73 Å². The maximum atomic E-state index is 12.0. The van der Waals surface area contributed by atoms with E-state index in [-0.39, 0.29) is 0 Å². The molecule has 4 N–H and O–H groups in total. The zero-order chi connectivity index (χ0) is 17.5. The molecular formula is C16H22N2O5. The fraction of sp³-hybridized carbons (Fsp3) is 0.438. The fourth-order valence-electron chi connectivity index (χ4n) is 2.13. The summed E-state index contributed by atoms with van der Waals surface area (Å²) >= 11 is 0. The van der Waals surface area contributed by atoms with Crippen molar-refractivity contribution in [3.8, 4) is 0 Å². The number of carbonyl (C=O) groups excluding carboxylic acids is 2. The van der Waals surface area contributed by atoms with Crippen LogP contribution in [0.2, 0.25) is 0 Å². The molecule has 0 bridgehead atoms. The number of aryl methyl sites for hydroxylation is 1. The second kappa shape index (κ2) is 8.28. The molecule has 2 atom stereocenters. The number of hydrogen-bond acceptors (Lipinski definition) is 5. The molecule has 0 saturated heterocycles. The third-order valence-corrected chi connectivity index (χ3v) is 3.52. The number of carboxylic acids is 1. The van der Waals surface area contributed by atoms with E-state index in [1.807, 2.05) is 30.3 Å². The van der Waals surface area contributed by atoms with Gasteiger partial charge in [0, 0.05) is 0 Å². The Morgan fingerprint density at radius 1 is 1.30 bits per heavy atom. The Labute approximate surface area is 134 Å². The fourth-order valence-corrected chi connectivity index (χ4v) is 2.13. The van der Waals surface area contributed by atoms with Gasteiger partial charge in [0.15, 0.2) is 0 Å². The number of nitrogens with one attached hydrogen (secondary N) is 1. The molecule has 0 fully saturated rings. The molecule has 0 aliphatic heterocycles. The zero-order valence-corrected chi connectivity index (χ0v) is 13.2. The highest BCUT2D eigenvalue weighted by Gasteiger charge is 2.37. The first-order valence-corrected chi connectivity index (χ1v) is 7.20. The van der Waals surface area contributed by atoms with E-state index < -0.39 is 35.8 Å². The standard InChI is InChI=1S/C16H22N2O5/c1-16(15(22)23-2,9-8-11-6-4-3-5-7-11)18-14(21)12(17)10-13(19)20/h3-7,12H,8-10,17H2,1-2H3,(H,18,21)(H,19,20)/t12-,16+/m0/s1. The van der Waals surface area contributed by atoms with Crippen molar-refractivity contribution < 1.29 is 24.2 Å². The zero-order valence-electron chi connectivity index (χ0n) is 13.2. The Kier molecular flexibility index (Phi) is 6.71. The molecule has 126 valence electrons. The highest BCUT2D eigenvalue weighted by Crippen LogP contribution is 2.16. The third-order valence-electron chi connectivity index (χ3n) is 3.52. The van der Waals surface area contributed by atoms with Crippen LogP contribution in [0.5, 0.6) is 0 Å². The maximum Gasteiger partial charge on any atom is 0.331 e. The molecule has 23 heavy (non-hydrogen) atoms. The van der Waals surface area contributed by atoms with Gasteiger partial charge in [0.1, 0.15) is 5.54 Å². The maximum absolute atomic E-state index is 12.0. The van der Waals surface area contributed by atoms with Crippen LogP contribution in [0.4, 0.5) is 0 Å². The summed E-state index contributed by atoms with van der Waals surface area (Å²) in [5.74, 6) is -2.49. The summed E-state index contributed by atoms with van der Waals surface area (Å²) in [5.41, 5.74) is 5.26. The summed E-state index contributed by atoms with van der Waals surface area (Å²) in [6, 6.07) is 8.24. The Bertz CT molecular complexity index is 561. The molecule has 1 amide bonds. The minimum atomic E-state index is -1.28. The normalized spacial score (nSPS) is 14.4. The van der Waals surface area contributed by atoms with E-state index in [1.165, 1.54) is 14.0 Å². The number of amides is 1. The predicted molar refractivity (Wildman–Crippen MR) is 83.6 cm³/mol. The molecule has 0 radical (unpaired) electrons. The molecule has 0 spiro atoms. The van der Waals surface area contributed by atoms with Gasteiger partial charge in [0.25, 0.3) is 0 Å². The second-order valence-electron chi connectivity index (χ2n) is 5.50. The Balaban J connectivity index is 2.79. The lowest BCUT2D eigenvalue weighted by molar-refractivity contribution is -0.150. The van der Waals surface area contributed by atoms with Crippen LogP contribution in [-0.2, 0) is 25.5 Å². The molecule has 7 nitrogen and oxygen atoms in total. The van der Waals surface area contributed by atoms with Gasteiger partial charge < -0.3 is 20.9 Å². The van der Waals surface area contributed by atoms with Gasteiger partial charge in [-0.05, 0) is 25.3 Å².